The molecule has 0 unspecified atom stereocenters. The Bertz CT molecular complexity index is 986. The quantitative estimate of drug-likeness (QED) is 0.700. The number of nitrogens with zero attached hydrogens (tertiary/aromatic N) is 4. The van der Waals surface area contributed by atoms with Gasteiger partial charge in [0.1, 0.15) is 5.65 Å². The standard InChI is InChI=1S/C24H28N4/c1-17-7-10-27-14-20(25-22(27)13-17)15-28-16-21(18-5-3-2-4-6-18)24-23(28)19-8-11-26(24)12-9-19/h2-7,10,13-14,19,21,23-24H,8-9,11-12,15-16H2,1H3/t21-,23-,24-/m1/s1. The van der Waals surface area contributed by atoms with Crippen LogP contribution in [0.1, 0.15) is 35.6 Å². The molecule has 0 amide bonds. The average molecular weight is 373 g/mol. The van der Waals surface area contributed by atoms with Crippen molar-refractivity contribution in [1.29, 1.82) is 0 Å². The van der Waals surface area contributed by atoms with Crippen molar-refractivity contribution in [3.8, 4) is 0 Å². The van der Waals surface area contributed by atoms with E-state index >= 15 is 0 Å². The Kier molecular flexibility index (Phi) is 3.85. The number of imidazole rings is 1. The molecule has 4 nitrogen and oxygen atoms in total. The van der Waals surface area contributed by atoms with Crippen LogP contribution in [0.4, 0.5) is 0 Å². The highest BCUT2D eigenvalue weighted by atomic mass is 15.3. The molecule has 4 fully saturated rings. The molecule has 2 bridgehead atoms. The first-order valence-electron chi connectivity index (χ1n) is 10.7. The number of hydrogen-bond donors (Lipinski definition) is 0. The van der Waals surface area contributed by atoms with Crippen LogP contribution in [0.5, 0.6) is 0 Å². The number of benzene rings is 1. The summed E-state index contributed by atoms with van der Waals surface area (Å²) >= 11 is 0. The van der Waals surface area contributed by atoms with Crippen LogP contribution < -0.4 is 0 Å². The number of aryl methyl sites for hydroxylation is 1. The minimum atomic E-state index is 0.619. The number of hydrogen-bond acceptors (Lipinski definition) is 3. The Morgan fingerprint density at radius 1 is 1.04 bits per heavy atom. The van der Waals surface area contributed by atoms with E-state index in [1.807, 2.05) is 0 Å². The topological polar surface area (TPSA) is 23.8 Å². The van der Waals surface area contributed by atoms with Crippen LogP contribution in [0.25, 0.3) is 5.65 Å². The fourth-order valence-electron chi connectivity index (χ4n) is 6.14. The highest BCUT2D eigenvalue weighted by Gasteiger charge is 2.53. The molecular formula is C24H28N4. The van der Waals surface area contributed by atoms with E-state index in [9.17, 15) is 0 Å². The van der Waals surface area contributed by atoms with Crippen molar-refractivity contribution in [2.24, 2.45) is 5.92 Å². The van der Waals surface area contributed by atoms with Gasteiger partial charge in [0.05, 0.1) is 5.69 Å². The Morgan fingerprint density at radius 3 is 2.68 bits per heavy atom. The minimum absolute atomic E-state index is 0.619. The van der Waals surface area contributed by atoms with E-state index in [2.05, 4.69) is 76.0 Å². The maximum absolute atomic E-state index is 4.94. The smallest absolute Gasteiger partial charge is 0.137 e. The van der Waals surface area contributed by atoms with Gasteiger partial charge in [-0.05, 0) is 62.0 Å². The molecule has 28 heavy (non-hydrogen) atoms. The van der Waals surface area contributed by atoms with Gasteiger partial charge in [-0.2, -0.15) is 0 Å². The van der Waals surface area contributed by atoms with Gasteiger partial charge >= 0.3 is 0 Å². The Labute approximate surface area is 166 Å². The number of fused-ring (bicyclic) bond motifs is 3. The van der Waals surface area contributed by atoms with Crippen LogP contribution >= 0.6 is 0 Å². The van der Waals surface area contributed by atoms with E-state index in [1.54, 1.807) is 0 Å². The molecule has 6 heterocycles. The fourth-order valence-corrected chi connectivity index (χ4v) is 6.14. The molecular weight excluding hydrogens is 344 g/mol. The maximum atomic E-state index is 4.94. The predicted octanol–water partition coefficient (Wildman–Crippen LogP) is 3.70. The zero-order valence-corrected chi connectivity index (χ0v) is 16.5. The van der Waals surface area contributed by atoms with Crippen molar-refractivity contribution >= 4 is 5.65 Å². The van der Waals surface area contributed by atoms with E-state index in [-0.39, 0.29) is 0 Å². The summed E-state index contributed by atoms with van der Waals surface area (Å²) in [6.07, 6.45) is 7.09. The van der Waals surface area contributed by atoms with Crippen molar-refractivity contribution in [3.63, 3.8) is 0 Å². The van der Waals surface area contributed by atoms with Crippen LogP contribution in [0.15, 0.2) is 54.9 Å². The molecule has 3 aromatic rings. The summed E-state index contributed by atoms with van der Waals surface area (Å²) in [6.45, 7) is 6.83. The van der Waals surface area contributed by atoms with E-state index in [0.29, 0.717) is 18.0 Å². The lowest BCUT2D eigenvalue weighted by Gasteiger charge is -2.51. The van der Waals surface area contributed by atoms with Gasteiger partial charge in [0.2, 0.25) is 0 Å². The molecule has 4 saturated heterocycles. The van der Waals surface area contributed by atoms with Gasteiger partial charge in [-0.1, -0.05) is 30.3 Å². The third kappa shape index (κ3) is 2.62. The SMILES string of the molecule is Cc1ccn2cc(CN3C[C@H](c4ccccc4)[C@@H]4[C@H]3C3CCN4CC3)nc2c1. The van der Waals surface area contributed by atoms with Crippen LogP contribution in [0.2, 0.25) is 0 Å². The summed E-state index contributed by atoms with van der Waals surface area (Å²) in [5.41, 5.74) is 5.05. The number of pyridine rings is 1. The van der Waals surface area contributed by atoms with Crippen molar-refractivity contribution < 1.29 is 0 Å². The lowest BCUT2D eigenvalue weighted by Crippen LogP contribution is -2.59. The van der Waals surface area contributed by atoms with Crippen molar-refractivity contribution in [3.05, 3.63) is 71.7 Å². The predicted molar refractivity (Wildman–Crippen MR) is 111 cm³/mol. The van der Waals surface area contributed by atoms with Crippen molar-refractivity contribution in [1.82, 2.24) is 19.2 Å². The molecule has 0 radical (unpaired) electrons. The zero-order chi connectivity index (χ0) is 18.7. The summed E-state index contributed by atoms with van der Waals surface area (Å²) in [7, 11) is 0. The lowest BCUT2D eigenvalue weighted by molar-refractivity contribution is -0.00894. The van der Waals surface area contributed by atoms with Gasteiger partial charge in [0.25, 0.3) is 0 Å². The third-order valence-electron chi connectivity index (χ3n) is 7.35. The van der Waals surface area contributed by atoms with E-state index in [1.165, 1.54) is 42.8 Å². The highest BCUT2D eigenvalue weighted by molar-refractivity contribution is 5.42. The van der Waals surface area contributed by atoms with Gasteiger partial charge in [0.15, 0.2) is 0 Å². The highest BCUT2D eigenvalue weighted by Crippen LogP contribution is 2.46. The van der Waals surface area contributed by atoms with Gasteiger partial charge in [-0.25, -0.2) is 4.98 Å². The van der Waals surface area contributed by atoms with Crippen LogP contribution in [0.3, 0.4) is 0 Å². The van der Waals surface area contributed by atoms with Gasteiger partial charge in [0, 0.05) is 43.5 Å². The minimum Gasteiger partial charge on any atom is -0.307 e. The molecule has 3 atom stereocenters. The van der Waals surface area contributed by atoms with E-state index in [0.717, 1.165) is 24.7 Å². The van der Waals surface area contributed by atoms with Gasteiger partial charge in [-0.15, -0.1) is 0 Å². The Morgan fingerprint density at radius 2 is 1.86 bits per heavy atom. The molecule has 0 N–H and O–H groups in total. The molecule has 4 heteroatoms. The van der Waals surface area contributed by atoms with Gasteiger partial charge < -0.3 is 4.40 Å². The zero-order valence-electron chi connectivity index (χ0n) is 16.5. The van der Waals surface area contributed by atoms with Gasteiger partial charge in [-0.3, -0.25) is 9.80 Å². The lowest BCUT2D eigenvalue weighted by atomic mass is 9.75. The molecule has 1 aromatic carbocycles. The normalized spacial score (nSPS) is 32.1. The first kappa shape index (κ1) is 16.8. The molecule has 144 valence electrons. The molecule has 4 aliphatic heterocycles. The third-order valence-corrected chi connectivity index (χ3v) is 7.35. The average Bonchev–Trinajstić information content (AvgIpc) is 3.32. The van der Waals surface area contributed by atoms with Crippen LogP contribution in [0, 0.1) is 12.8 Å². The fraction of sp³-hybridized carbons (Fsp3) is 0.458. The molecule has 0 spiro atoms. The summed E-state index contributed by atoms with van der Waals surface area (Å²) in [6, 6.07) is 16.9. The first-order chi connectivity index (χ1) is 13.8. The Balaban J connectivity index is 1.34. The largest absolute Gasteiger partial charge is 0.307 e. The molecule has 0 aliphatic carbocycles. The molecule has 4 aliphatic rings. The maximum Gasteiger partial charge on any atom is 0.137 e. The molecule has 2 aromatic heterocycles. The second kappa shape index (κ2) is 6.43. The number of aromatic nitrogens is 2. The number of likely N-dealkylation sites (tertiary alicyclic amines) is 1. The second-order valence-electron chi connectivity index (χ2n) is 9.00. The van der Waals surface area contributed by atoms with E-state index in [4.69, 9.17) is 4.98 Å². The monoisotopic (exact) mass is 372 g/mol. The summed E-state index contributed by atoms with van der Waals surface area (Å²) in [5.74, 6) is 1.47. The summed E-state index contributed by atoms with van der Waals surface area (Å²) < 4.78 is 2.17. The Hall–Kier alpha value is -2.17. The second-order valence-corrected chi connectivity index (χ2v) is 9.00. The summed E-state index contributed by atoms with van der Waals surface area (Å²) in [5, 5.41) is 0. The molecule has 7 rings (SSSR count). The van der Waals surface area contributed by atoms with Crippen molar-refractivity contribution in [2.45, 2.75) is 44.3 Å². The summed E-state index contributed by atoms with van der Waals surface area (Å²) in [4.78, 5) is 10.5. The number of rotatable bonds is 3. The van der Waals surface area contributed by atoms with Crippen LogP contribution in [-0.4, -0.2) is 50.9 Å². The van der Waals surface area contributed by atoms with Crippen molar-refractivity contribution in [2.75, 3.05) is 19.6 Å². The molecule has 0 saturated carbocycles. The first-order valence-corrected chi connectivity index (χ1v) is 10.7. The van der Waals surface area contributed by atoms with Crippen LogP contribution in [-0.2, 0) is 6.54 Å². The number of piperidine rings is 3. The van der Waals surface area contributed by atoms with E-state index < -0.39 is 0 Å².